The zero-order valence-electron chi connectivity index (χ0n) is 17.5. The lowest BCUT2D eigenvalue weighted by Crippen LogP contribution is -2.08. The Bertz CT molecular complexity index is 1330. The fourth-order valence-corrected chi connectivity index (χ4v) is 3.46. The molecule has 0 aliphatic rings. The predicted molar refractivity (Wildman–Crippen MR) is 118 cm³/mol. The van der Waals surface area contributed by atoms with Gasteiger partial charge in [0.05, 0.1) is 5.56 Å². The SMILES string of the molecule is O=C(O)c1ccc(-c2cccc(COc3ccc(-c4ccccc4F)c(C(F)(F)F)c3)c2)cn1. The summed E-state index contributed by atoms with van der Waals surface area (Å²) in [5.74, 6) is -1.89. The van der Waals surface area contributed by atoms with Crippen molar-refractivity contribution < 1.29 is 32.2 Å². The van der Waals surface area contributed by atoms with Gasteiger partial charge in [0.1, 0.15) is 23.9 Å². The van der Waals surface area contributed by atoms with E-state index in [1.165, 1.54) is 42.6 Å². The lowest BCUT2D eigenvalue weighted by atomic mass is 9.98. The van der Waals surface area contributed by atoms with Crippen LogP contribution in [0.1, 0.15) is 21.6 Å². The summed E-state index contributed by atoms with van der Waals surface area (Å²) in [6.45, 7) is -0.00911. The fourth-order valence-electron chi connectivity index (χ4n) is 3.46. The molecule has 0 saturated carbocycles. The van der Waals surface area contributed by atoms with Gasteiger partial charge in [0.2, 0.25) is 0 Å². The number of aromatic nitrogens is 1. The van der Waals surface area contributed by atoms with E-state index in [0.717, 1.165) is 17.7 Å². The van der Waals surface area contributed by atoms with Crippen molar-refractivity contribution in [3.05, 3.63) is 108 Å². The Balaban J connectivity index is 1.56. The third-order valence-corrected chi connectivity index (χ3v) is 5.11. The molecule has 1 heterocycles. The van der Waals surface area contributed by atoms with Crippen LogP contribution in [0.4, 0.5) is 17.6 Å². The zero-order chi connectivity index (χ0) is 24.3. The topological polar surface area (TPSA) is 59.4 Å². The van der Waals surface area contributed by atoms with Gasteiger partial charge >= 0.3 is 12.1 Å². The quantitative estimate of drug-likeness (QED) is 0.315. The van der Waals surface area contributed by atoms with E-state index < -0.39 is 23.5 Å². The number of alkyl halides is 3. The number of rotatable bonds is 6. The lowest BCUT2D eigenvalue weighted by Gasteiger charge is -2.16. The van der Waals surface area contributed by atoms with Crippen LogP contribution in [0.15, 0.2) is 85.1 Å². The minimum Gasteiger partial charge on any atom is -0.489 e. The number of aromatic carboxylic acids is 1. The monoisotopic (exact) mass is 467 g/mol. The summed E-state index contributed by atoms with van der Waals surface area (Å²) in [6.07, 6.45) is -3.27. The molecule has 0 spiro atoms. The van der Waals surface area contributed by atoms with Crippen molar-refractivity contribution in [3.8, 4) is 28.0 Å². The highest BCUT2D eigenvalue weighted by molar-refractivity contribution is 5.85. The van der Waals surface area contributed by atoms with Gasteiger partial charge in [-0.2, -0.15) is 13.2 Å². The highest BCUT2D eigenvalue weighted by Gasteiger charge is 2.34. The second-order valence-corrected chi connectivity index (χ2v) is 7.41. The Hall–Kier alpha value is -4.20. The molecule has 4 aromatic rings. The molecule has 0 amide bonds. The van der Waals surface area contributed by atoms with Crippen LogP contribution in [-0.4, -0.2) is 16.1 Å². The number of hydrogen-bond acceptors (Lipinski definition) is 3. The van der Waals surface area contributed by atoms with Crippen LogP contribution >= 0.6 is 0 Å². The first-order valence-electron chi connectivity index (χ1n) is 10.1. The number of nitrogens with zero attached hydrogens (tertiary/aromatic N) is 1. The molecule has 34 heavy (non-hydrogen) atoms. The van der Waals surface area contributed by atoms with Crippen molar-refractivity contribution in [2.45, 2.75) is 12.8 Å². The molecule has 0 aliphatic heterocycles. The fraction of sp³-hybridized carbons (Fsp3) is 0.0769. The molecule has 4 nitrogen and oxygen atoms in total. The average molecular weight is 467 g/mol. The van der Waals surface area contributed by atoms with Crippen LogP contribution in [0.25, 0.3) is 22.3 Å². The van der Waals surface area contributed by atoms with Gasteiger partial charge in [-0.15, -0.1) is 0 Å². The van der Waals surface area contributed by atoms with E-state index >= 15 is 0 Å². The van der Waals surface area contributed by atoms with E-state index in [0.29, 0.717) is 11.1 Å². The summed E-state index contributed by atoms with van der Waals surface area (Å²) in [6, 6.07) is 18.8. The molecule has 0 radical (unpaired) electrons. The number of halogens is 4. The first-order valence-corrected chi connectivity index (χ1v) is 10.1. The first-order chi connectivity index (χ1) is 16.2. The van der Waals surface area contributed by atoms with Crippen LogP contribution in [0.3, 0.4) is 0 Å². The van der Waals surface area contributed by atoms with Crippen LogP contribution in [0, 0.1) is 5.82 Å². The summed E-state index contributed by atoms with van der Waals surface area (Å²) < 4.78 is 60.8. The van der Waals surface area contributed by atoms with Crippen molar-refractivity contribution >= 4 is 5.97 Å². The summed E-state index contributed by atoms with van der Waals surface area (Å²) in [7, 11) is 0. The summed E-state index contributed by atoms with van der Waals surface area (Å²) in [5.41, 5.74) is 0.633. The van der Waals surface area contributed by atoms with E-state index in [9.17, 15) is 22.4 Å². The normalized spacial score (nSPS) is 11.3. The van der Waals surface area contributed by atoms with Crippen molar-refractivity contribution in [1.29, 1.82) is 0 Å². The molecule has 0 unspecified atom stereocenters. The van der Waals surface area contributed by atoms with Gasteiger partial charge in [-0.1, -0.05) is 42.5 Å². The largest absolute Gasteiger partial charge is 0.489 e. The maximum absolute atomic E-state index is 14.1. The lowest BCUT2D eigenvalue weighted by molar-refractivity contribution is -0.137. The second-order valence-electron chi connectivity index (χ2n) is 7.41. The number of benzene rings is 3. The molecule has 3 aromatic carbocycles. The number of carboxylic acid groups (broad SMARTS) is 1. The predicted octanol–water partition coefficient (Wildman–Crippen LogP) is 6.85. The summed E-state index contributed by atoms with van der Waals surface area (Å²) >= 11 is 0. The Morgan fingerprint density at radius 1 is 0.882 bits per heavy atom. The van der Waals surface area contributed by atoms with Crippen molar-refractivity contribution in [2.24, 2.45) is 0 Å². The molecule has 0 bridgehead atoms. The Morgan fingerprint density at radius 2 is 1.68 bits per heavy atom. The molecule has 0 saturated heterocycles. The Morgan fingerprint density at radius 3 is 2.35 bits per heavy atom. The second kappa shape index (κ2) is 9.35. The average Bonchev–Trinajstić information content (AvgIpc) is 2.83. The third kappa shape index (κ3) is 5.06. The maximum atomic E-state index is 14.1. The minimum absolute atomic E-state index is 0.00899. The van der Waals surface area contributed by atoms with Crippen LogP contribution in [-0.2, 0) is 12.8 Å². The molecule has 1 aromatic heterocycles. The molecule has 172 valence electrons. The van der Waals surface area contributed by atoms with Gasteiger partial charge in [0.25, 0.3) is 0 Å². The van der Waals surface area contributed by atoms with E-state index in [1.54, 1.807) is 30.3 Å². The Kier molecular flexibility index (Phi) is 6.32. The van der Waals surface area contributed by atoms with Gasteiger partial charge in [0.15, 0.2) is 0 Å². The van der Waals surface area contributed by atoms with Crippen LogP contribution in [0.2, 0.25) is 0 Å². The third-order valence-electron chi connectivity index (χ3n) is 5.11. The highest BCUT2D eigenvalue weighted by atomic mass is 19.4. The van der Waals surface area contributed by atoms with Gasteiger partial charge in [-0.25, -0.2) is 14.2 Å². The number of hydrogen-bond donors (Lipinski definition) is 1. The highest BCUT2D eigenvalue weighted by Crippen LogP contribution is 2.40. The molecule has 4 rings (SSSR count). The number of carboxylic acids is 1. The van der Waals surface area contributed by atoms with E-state index in [2.05, 4.69) is 4.98 Å². The molecular weight excluding hydrogens is 450 g/mol. The molecule has 1 N–H and O–H groups in total. The zero-order valence-corrected chi connectivity index (χ0v) is 17.5. The van der Waals surface area contributed by atoms with Crippen LogP contribution in [0.5, 0.6) is 5.75 Å². The minimum atomic E-state index is -4.70. The van der Waals surface area contributed by atoms with Gasteiger partial charge in [-0.05, 0) is 53.1 Å². The standard InChI is InChI=1S/C26H17F4NO3/c27-23-7-2-1-6-21(23)20-10-9-19(13-22(20)26(28,29)30)34-15-16-4-3-5-17(12-16)18-8-11-24(25(32)33)31-14-18/h1-14H,15H2,(H,32,33). The summed E-state index contributed by atoms with van der Waals surface area (Å²) in [5, 5.41) is 8.97. The number of pyridine rings is 1. The van der Waals surface area contributed by atoms with E-state index in [1.807, 2.05) is 0 Å². The van der Waals surface area contributed by atoms with Crippen molar-refractivity contribution in [2.75, 3.05) is 0 Å². The number of ether oxygens (including phenoxy) is 1. The first kappa shape index (κ1) is 23.0. The molecule has 0 atom stereocenters. The Labute approximate surface area is 192 Å². The van der Waals surface area contributed by atoms with Gasteiger partial charge < -0.3 is 9.84 Å². The van der Waals surface area contributed by atoms with Crippen molar-refractivity contribution in [3.63, 3.8) is 0 Å². The van der Waals surface area contributed by atoms with Crippen LogP contribution < -0.4 is 4.74 Å². The molecular formula is C26H17F4NO3. The number of carbonyl (C=O) groups is 1. The molecule has 8 heteroatoms. The maximum Gasteiger partial charge on any atom is 0.417 e. The van der Waals surface area contributed by atoms with E-state index in [4.69, 9.17) is 9.84 Å². The smallest absolute Gasteiger partial charge is 0.417 e. The van der Waals surface area contributed by atoms with Gasteiger partial charge in [0, 0.05) is 17.3 Å². The molecule has 0 aliphatic carbocycles. The molecule has 0 fully saturated rings. The van der Waals surface area contributed by atoms with E-state index in [-0.39, 0.29) is 29.2 Å². The van der Waals surface area contributed by atoms with Crippen molar-refractivity contribution in [1.82, 2.24) is 4.98 Å². The summed E-state index contributed by atoms with van der Waals surface area (Å²) in [4.78, 5) is 14.8. The van der Waals surface area contributed by atoms with Gasteiger partial charge in [-0.3, -0.25) is 0 Å².